The molecule has 0 aliphatic rings. The number of rotatable bonds is 7. The topological polar surface area (TPSA) is 59.6 Å². The van der Waals surface area contributed by atoms with E-state index in [9.17, 15) is 4.79 Å². The second-order valence-corrected chi connectivity index (χ2v) is 6.20. The first kappa shape index (κ1) is 18.6. The molecule has 0 fully saturated rings. The van der Waals surface area contributed by atoms with Gasteiger partial charge in [-0.2, -0.15) is 0 Å². The Morgan fingerprint density at radius 2 is 1.48 bits per heavy atom. The molecular formula is C20H26N2O3. The van der Waals surface area contributed by atoms with Gasteiger partial charge in [0.15, 0.2) is 11.5 Å². The molecule has 2 rings (SSSR count). The Labute approximate surface area is 149 Å². The van der Waals surface area contributed by atoms with Crippen molar-refractivity contribution < 1.29 is 14.3 Å². The molecule has 25 heavy (non-hydrogen) atoms. The molecule has 2 aromatic rings. The lowest BCUT2D eigenvalue weighted by molar-refractivity contribution is -0.116. The summed E-state index contributed by atoms with van der Waals surface area (Å²) in [6.07, 6.45) is 0. The number of benzene rings is 2. The van der Waals surface area contributed by atoms with Gasteiger partial charge in [-0.25, -0.2) is 0 Å². The number of amides is 1. The number of ether oxygens (including phenoxy) is 2. The molecule has 0 aliphatic carbocycles. The maximum absolute atomic E-state index is 12.4. The van der Waals surface area contributed by atoms with Crippen LogP contribution in [0.3, 0.4) is 0 Å². The number of methoxy groups -OCH3 is 2. The third kappa shape index (κ3) is 4.89. The Bertz CT molecular complexity index is 711. The average molecular weight is 342 g/mol. The normalized spacial score (nSPS) is 11.8. The van der Waals surface area contributed by atoms with Crippen LogP contribution < -0.4 is 20.1 Å². The minimum atomic E-state index is -0.400. The molecule has 134 valence electrons. The quantitative estimate of drug-likeness (QED) is 0.789. The molecule has 0 aliphatic heterocycles. The third-order valence-corrected chi connectivity index (χ3v) is 4.00. The van der Waals surface area contributed by atoms with Crippen molar-refractivity contribution in [3.63, 3.8) is 0 Å². The van der Waals surface area contributed by atoms with E-state index in [2.05, 4.69) is 24.5 Å². The number of hydrogen-bond donors (Lipinski definition) is 2. The third-order valence-electron chi connectivity index (χ3n) is 4.00. The molecule has 1 atom stereocenters. The monoisotopic (exact) mass is 342 g/mol. The van der Waals surface area contributed by atoms with E-state index in [0.29, 0.717) is 17.4 Å². The van der Waals surface area contributed by atoms with Gasteiger partial charge in [0.1, 0.15) is 6.04 Å². The molecule has 0 heterocycles. The van der Waals surface area contributed by atoms with Crippen LogP contribution in [-0.4, -0.2) is 26.2 Å². The lowest BCUT2D eigenvalue weighted by atomic mass is 10.0. The van der Waals surface area contributed by atoms with Crippen molar-refractivity contribution in [1.82, 2.24) is 0 Å². The zero-order valence-electron chi connectivity index (χ0n) is 15.4. The van der Waals surface area contributed by atoms with Crippen molar-refractivity contribution in [1.29, 1.82) is 0 Å². The first-order valence-electron chi connectivity index (χ1n) is 8.34. The van der Waals surface area contributed by atoms with Crippen molar-refractivity contribution in [2.45, 2.75) is 32.7 Å². The fourth-order valence-corrected chi connectivity index (χ4v) is 2.44. The van der Waals surface area contributed by atoms with Gasteiger partial charge < -0.3 is 20.1 Å². The Balaban J connectivity index is 2.00. The predicted octanol–water partition coefficient (Wildman–Crippen LogP) is 4.27. The largest absolute Gasteiger partial charge is 0.493 e. The molecule has 0 saturated heterocycles. The molecule has 2 aromatic carbocycles. The summed E-state index contributed by atoms with van der Waals surface area (Å²) in [5.41, 5.74) is 2.82. The average Bonchev–Trinajstić information content (AvgIpc) is 2.61. The van der Waals surface area contributed by atoms with Gasteiger partial charge in [-0.1, -0.05) is 26.0 Å². The Hall–Kier alpha value is -2.69. The van der Waals surface area contributed by atoms with Crippen molar-refractivity contribution in [2.24, 2.45) is 0 Å². The maximum atomic E-state index is 12.4. The standard InChI is InChI=1S/C20H26N2O3/c1-13(2)15-6-8-16(9-7-15)22-20(23)14(3)21-17-10-11-18(24-4)19(12-17)25-5/h6-14,21H,1-5H3,(H,22,23)/t14-/m0/s1. The summed E-state index contributed by atoms with van der Waals surface area (Å²) in [5.74, 6) is 1.63. The summed E-state index contributed by atoms with van der Waals surface area (Å²) in [6.45, 7) is 6.10. The second kappa shape index (κ2) is 8.42. The molecule has 1 amide bonds. The van der Waals surface area contributed by atoms with E-state index in [1.807, 2.05) is 37.3 Å². The van der Waals surface area contributed by atoms with Crippen molar-refractivity contribution in [3.8, 4) is 11.5 Å². The maximum Gasteiger partial charge on any atom is 0.246 e. The van der Waals surface area contributed by atoms with E-state index >= 15 is 0 Å². The Morgan fingerprint density at radius 3 is 2.04 bits per heavy atom. The minimum Gasteiger partial charge on any atom is -0.493 e. The van der Waals surface area contributed by atoms with E-state index in [1.54, 1.807) is 26.4 Å². The second-order valence-electron chi connectivity index (χ2n) is 6.20. The van der Waals surface area contributed by atoms with Crippen molar-refractivity contribution >= 4 is 17.3 Å². The van der Waals surface area contributed by atoms with Crippen LogP contribution in [0.4, 0.5) is 11.4 Å². The van der Waals surface area contributed by atoms with Crippen LogP contribution in [0.5, 0.6) is 11.5 Å². The van der Waals surface area contributed by atoms with Crippen molar-refractivity contribution in [3.05, 3.63) is 48.0 Å². The number of nitrogens with one attached hydrogen (secondary N) is 2. The van der Waals surface area contributed by atoms with E-state index in [4.69, 9.17) is 9.47 Å². The van der Waals surface area contributed by atoms with Crippen LogP contribution in [0.15, 0.2) is 42.5 Å². The van der Waals surface area contributed by atoms with Gasteiger partial charge in [-0.05, 0) is 42.7 Å². The first-order chi connectivity index (χ1) is 11.9. The van der Waals surface area contributed by atoms with Gasteiger partial charge in [0.05, 0.1) is 14.2 Å². The summed E-state index contributed by atoms with van der Waals surface area (Å²) < 4.78 is 10.5. The van der Waals surface area contributed by atoms with Gasteiger partial charge in [0, 0.05) is 17.4 Å². The van der Waals surface area contributed by atoms with E-state index in [0.717, 1.165) is 11.4 Å². The summed E-state index contributed by atoms with van der Waals surface area (Å²) in [5, 5.41) is 6.09. The van der Waals surface area contributed by atoms with Crippen LogP contribution in [0.2, 0.25) is 0 Å². The molecule has 5 nitrogen and oxygen atoms in total. The van der Waals surface area contributed by atoms with E-state index < -0.39 is 6.04 Å². The fraction of sp³-hybridized carbons (Fsp3) is 0.350. The zero-order chi connectivity index (χ0) is 18.4. The lowest BCUT2D eigenvalue weighted by Crippen LogP contribution is -2.31. The molecule has 2 N–H and O–H groups in total. The smallest absolute Gasteiger partial charge is 0.246 e. The van der Waals surface area contributed by atoms with Gasteiger partial charge in [-0.3, -0.25) is 4.79 Å². The highest BCUT2D eigenvalue weighted by Crippen LogP contribution is 2.30. The summed E-state index contributed by atoms with van der Waals surface area (Å²) in [7, 11) is 3.17. The van der Waals surface area contributed by atoms with Gasteiger partial charge in [-0.15, -0.1) is 0 Å². The number of carbonyl (C=O) groups is 1. The van der Waals surface area contributed by atoms with Crippen LogP contribution in [0.1, 0.15) is 32.3 Å². The SMILES string of the molecule is COc1ccc(N[C@@H](C)C(=O)Nc2ccc(C(C)C)cc2)cc1OC. The van der Waals surface area contributed by atoms with Crippen LogP contribution >= 0.6 is 0 Å². The molecule has 0 unspecified atom stereocenters. The number of anilines is 2. The van der Waals surface area contributed by atoms with Gasteiger partial charge in [0.25, 0.3) is 0 Å². The summed E-state index contributed by atoms with van der Waals surface area (Å²) in [4.78, 5) is 12.4. The minimum absolute atomic E-state index is 0.105. The highest BCUT2D eigenvalue weighted by atomic mass is 16.5. The summed E-state index contributed by atoms with van der Waals surface area (Å²) in [6, 6.07) is 13.0. The molecular weight excluding hydrogens is 316 g/mol. The zero-order valence-corrected chi connectivity index (χ0v) is 15.4. The van der Waals surface area contributed by atoms with E-state index in [1.165, 1.54) is 5.56 Å². The lowest BCUT2D eigenvalue weighted by Gasteiger charge is -2.17. The molecule has 0 radical (unpaired) electrons. The Kier molecular flexibility index (Phi) is 6.28. The number of hydrogen-bond acceptors (Lipinski definition) is 4. The first-order valence-corrected chi connectivity index (χ1v) is 8.34. The van der Waals surface area contributed by atoms with Gasteiger partial charge in [0.2, 0.25) is 5.91 Å². The summed E-state index contributed by atoms with van der Waals surface area (Å²) >= 11 is 0. The van der Waals surface area contributed by atoms with Crippen LogP contribution in [0.25, 0.3) is 0 Å². The number of carbonyl (C=O) groups excluding carboxylic acids is 1. The predicted molar refractivity (Wildman–Crippen MR) is 102 cm³/mol. The molecule has 5 heteroatoms. The molecule has 0 saturated carbocycles. The highest BCUT2D eigenvalue weighted by Gasteiger charge is 2.14. The van der Waals surface area contributed by atoms with Crippen LogP contribution in [0, 0.1) is 0 Å². The molecule has 0 bridgehead atoms. The van der Waals surface area contributed by atoms with Crippen LogP contribution in [-0.2, 0) is 4.79 Å². The van der Waals surface area contributed by atoms with Crippen molar-refractivity contribution in [2.75, 3.05) is 24.9 Å². The van der Waals surface area contributed by atoms with Gasteiger partial charge >= 0.3 is 0 Å². The van der Waals surface area contributed by atoms with E-state index in [-0.39, 0.29) is 5.91 Å². The molecule has 0 spiro atoms. The fourth-order valence-electron chi connectivity index (χ4n) is 2.44. The Morgan fingerprint density at radius 1 is 0.880 bits per heavy atom. The molecule has 0 aromatic heterocycles. The highest BCUT2D eigenvalue weighted by molar-refractivity contribution is 5.96.